The zero-order valence-corrected chi connectivity index (χ0v) is 10.9. The van der Waals surface area contributed by atoms with Crippen molar-refractivity contribution < 1.29 is 4.79 Å². The Hall–Kier alpha value is -0.930. The minimum Gasteiger partial charge on any atom is -0.398 e. The van der Waals surface area contributed by atoms with Crippen molar-refractivity contribution in [2.24, 2.45) is 0 Å². The number of anilines is 1. The molecule has 1 aromatic rings. The third-order valence-electron chi connectivity index (χ3n) is 2.97. The summed E-state index contributed by atoms with van der Waals surface area (Å²) in [7, 11) is 0. The summed E-state index contributed by atoms with van der Waals surface area (Å²) in [5.74, 6) is -0.0548. The summed E-state index contributed by atoms with van der Waals surface area (Å²) in [6.45, 7) is 1.58. The Labute approximate surface area is 110 Å². The van der Waals surface area contributed by atoms with Crippen molar-refractivity contribution in [2.45, 2.75) is 19.3 Å². The van der Waals surface area contributed by atoms with Gasteiger partial charge in [0.2, 0.25) is 0 Å². The Morgan fingerprint density at radius 2 is 1.71 bits per heavy atom. The summed E-state index contributed by atoms with van der Waals surface area (Å²) in [4.78, 5) is 14.0. The van der Waals surface area contributed by atoms with Gasteiger partial charge in [-0.25, -0.2) is 0 Å². The van der Waals surface area contributed by atoms with E-state index in [0.717, 1.165) is 25.9 Å². The molecule has 1 fully saturated rings. The van der Waals surface area contributed by atoms with Crippen LogP contribution < -0.4 is 5.73 Å². The molecule has 0 unspecified atom stereocenters. The monoisotopic (exact) mass is 272 g/mol. The summed E-state index contributed by atoms with van der Waals surface area (Å²) in [5.41, 5.74) is 6.64. The molecule has 1 amide bonds. The lowest BCUT2D eigenvalue weighted by Gasteiger charge is -2.27. The first kappa shape index (κ1) is 12.5. The average molecular weight is 273 g/mol. The molecule has 0 spiro atoms. The maximum absolute atomic E-state index is 12.2. The zero-order valence-electron chi connectivity index (χ0n) is 9.38. The molecule has 0 aliphatic carbocycles. The van der Waals surface area contributed by atoms with Crippen LogP contribution in [0, 0.1) is 0 Å². The van der Waals surface area contributed by atoms with Crippen molar-refractivity contribution in [2.75, 3.05) is 18.8 Å². The quantitative estimate of drug-likeness (QED) is 0.799. The average Bonchev–Trinajstić information content (AvgIpc) is 2.34. The standard InChI is InChI=1S/C12H14Cl2N2O/c13-9-6-8(11(15)7-10(9)14)12(17)16-4-2-1-3-5-16/h6-7H,1-5,15H2. The van der Waals surface area contributed by atoms with Gasteiger partial charge in [-0.3, -0.25) is 4.79 Å². The molecule has 0 saturated carbocycles. The fraction of sp³-hybridized carbons (Fsp3) is 0.417. The normalized spacial score (nSPS) is 16.0. The molecular formula is C12H14Cl2N2O. The molecule has 2 N–H and O–H groups in total. The van der Waals surface area contributed by atoms with Gasteiger partial charge in [-0.1, -0.05) is 23.2 Å². The molecule has 3 nitrogen and oxygen atoms in total. The maximum Gasteiger partial charge on any atom is 0.255 e. The van der Waals surface area contributed by atoms with Gasteiger partial charge in [0.15, 0.2) is 0 Å². The third-order valence-corrected chi connectivity index (χ3v) is 3.69. The molecular weight excluding hydrogens is 259 g/mol. The molecule has 0 radical (unpaired) electrons. The van der Waals surface area contributed by atoms with Gasteiger partial charge in [0.1, 0.15) is 0 Å². The van der Waals surface area contributed by atoms with Gasteiger partial charge in [0.25, 0.3) is 5.91 Å². The molecule has 5 heteroatoms. The van der Waals surface area contributed by atoms with E-state index in [1.807, 2.05) is 4.90 Å². The van der Waals surface area contributed by atoms with Crippen LogP contribution in [0.3, 0.4) is 0 Å². The number of hydrogen-bond acceptors (Lipinski definition) is 2. The highest BCUT2D eigenvalue weighted by Gasteiger charge is 2.21. The van der Waals surface area contributed by atoms with Crippen LogP contribution in [-0.2, 0) is 0 Å². The number of halogens is 2. The van der Waals surface area contributed by atoms with Crippen LogP contribution in [0.1, 0.15) is 29.6 Å². The lowest BCUT2D eigenvalue weighted by atomic mass is 10.1. The summed E-state index contributed by atoms with van der Waals surface area (Å²) in [6.07, 6.45) is 3.28. The van der Waals surface area contributed by atoms with Gasteiger partial charge >= 0.3 is 0 Å². The molecule has 1 aromatic carbocycles. The number of hydrogen-bond donors (Lipinski definition) is 1. The predicted octanol–water partition coefficient (Wildman–Crippen LogP) is 3.20. The summed E-state index contributed by atoms with van der Waals surface area (Å²) in [5, 5.41) is 0.737. The summed E-state index contributed by atoms with van der Waals surface area (Å²) in [6, 6.07) is 3.08. The molecule has 1 aliphatic rings. The van der Waals surface area contributed by atoms with Crippen molar-refractivity contribution >= 4 is 34.8 Å². The van der Waals surface area contributed by atoms with Crippen molar-refractivity contribution in [1.29, 1.82) is 0 Å². The minimum atomic E-state index is -0.0548. The highest BCUT2D eigenvalue weighted by Crippen LogP contribution is 2.28. The first-order valence-corrected chi connectivity index (χ1v) is 6.39. The fourth-order valence-corrected chi connectivity index (χ4v) is 2.35. The number of likely N-dealkylation sites (tertiary alicyclic amines) is 1. The molecule has 2 rings (SSSR count). The number of rotatable bonds is 1. The second-order valence-corrected chi connectivity index (χ2v) is 5.02. The topological polar surface area (TPSA) is 46.3 Å². The van der Waals surface area contributed by atoms with E-state index in [0.29, 0.717) is 21.3 Å². The largest absolute Gasteiger partial charge is 0.398 e. The maximum atomic E-state index is 12.2. The highest BCUT2D eigenvalue weighted by molar-refractivity contribution is 6.42. The zero-order chi connectivity index (χ0) is 12.4. The Morgan fingerprint density at radius 3 is 2.35 bits per heavy atom. The van der Waals surface area contributed by atoms with E-state index in [1.54, 1.807) is 6.07 Å². The SMILES string of the molecule is Nc1cc(Cl)c(Cl)cc1C(=O)N1CCCCC1. The Kier molecular flexibility index (Phi) is 3.79. The number of benzene rings is 1. The van der Waals surface area contributed by atoms with Crippen LogP contribution >= 0.6 is 23.2 Å². The van der Waals surface area contributed by atoms with Gasteiger partial charge < -0.3 is 10.6 Å². The Bertz CT molecular complexity index is 442. The predicted molar refractivity (Wildman–Crippen MR) is 70.6 cm³/mol. The summed E-state index contributed by atoms with van der Waals surface area (Å²) < 4.78 is 0. The van der Waals surface area contributed by atoms with Crippen LogP contribution in [0.4, 0.5) is 5.69 Å². The second-order valence-electron chi connectivity index (χ2n) is 4.21. The molecule has 1 heterocycles. The third kappa shape index (κ3) is 2.67. The number of nitrogens with zero attached hydrogens (tertiary/aromatic N) is 1. The van der Waals surface area contributed by atoms with Crippen molar-refractivity contribution in [1.82, 2.24) is 4.90 Å². The molecule has 0 aromatic heterocycles. The first-order chi connectivity index (χ1) is 8.09. The van der Waals surface area contributed by atoms with E-state index < -0.39 is 0 Å². The minimum absolute atomic E-state index is 0.0548. The van der Waals surface area contributed by atoms with Crippen molar-refractivity contribution in [3.8, 4) is 0 Å². The first-order valence-electron chi connectivity index (χ1n) is 5.63. The van der Waals surface area contributed by atoms with Crippen molar-refractivity contribution in [3.63, 3.8) is 0 Å². The van der Waals surface area contributed by atoms with Crippen LogP contribution in [0.15, 0.2) is 12.1 Å². The van der Waals surface area contributed by atoms with E-state index in [1.165, 1.54) is 12.5 Å². The molecule has 17 heavy (non-hydrogen) atoms. The van der Waals surface area contributed by atoms with E-state index >= 15 is 0 Å². The van der Waals surface area contributed by atoms with Crippen LogP contribution in [-0.4, -0.2) is 23.9 Å². The van der Waals surface area contributed by atoms with E-state index in [9.17, 15) is 4.79 Å². The smallest absolute Gasteiger partial charge is 0.255 e. The second kappa shape index (κ2) is 5.15. The number of nitrogens with two attached hydrogens (primary N) is 1. The van der Waals surface area contributed by atoms with Crippen molar-refractivity contribution in [3.05, 3.63) is 27.7 Å². The van der Waals surface area contributed by atoms with E-state index in [4.69, 9.17) is 28.9 Å². The number of carbonyl (C=O) groups is 1. The van der Waals surface area contributed by atoms with Gasteiger partial charge in [0.05, 0.1) is 15.6 Å². The number of piperidine rings is 1. The summed E-state index contributed by atoms with van der Waals surface area (Å²) >= 11 is 11.8. The van der Waals surface area contributed by atoms with Gasteiger partial charge in [0, 0.05) is 18.8 Å². The van der Waals surface area contributed by atoms with Gasteiger partial charge in [-0.15, -0.1) is 0 Å². The Balaban J connectivity index is 2.26. The van der Waals surface area contributed by atoms with Gasteiger partial charge in [-0.2, -0.15) is 0 Å². The number of nitrogen functional groups attached to an aromatic ring is 1. The van der Waals surface area contributed by atoms with E-state index in [2.05, 4.69) is 0 Å². The van der Waals surface area contributed by atoms with Crippen LogP contribution in [0.25, 0.3) is 0 Å². The number of amides is 1. The molecule has 92 valence electrons. The fourth-order valence-electron chi connectivity index (χ4n) is 2.01. The molecule has 1 saturated heterocycles. The molecule has 0 atom stereocenters. The highest BCUT2D eigenvalue weighted by atomic mass is 35.5. The Morgan fingerprint density at radius 1 is 1.12 bits per heavy atom. The molecule has 0 bridgehead atoms. The van der Waals surface area contributed by atoms with Crippen LogP contribution in [0.2, 0.25) is 10.0 Å². The molecule has 1 aliphatic heterocycles. The number of carbonyl (C=O) groups excluding carboxylic acids is 1. The van der Waals surface area contributed by atoms with Crippen LogP contribution in [0.5, 0.6) is 0 Å². The van der Waals surface area contributed by atoms with E-state index in [-0.39, 0.29) is 5.91 Å². The van der Waals surface area contributed by atoms with Gasteiger partial charge in [-0.05, 0) is 31.4 Å². The lowest BCUT2D eigenvalue weighted by molar-refractivity contribution is 0.0725. The lowest BCUT2D eigenvalue weighted by Crippen LogP contribution is -2.36.